The largest absolute Gasteiger partial charge is 0.481 e. The van der Waals surface area contributed by atoms with E-state index in [1.165, 1.54) is 26.1 Å². The van der Waals surface area contributed by atoms with E-state index in [0.717, 1.165) is 4.57 Å². The fraction of sp³-hybridized carbons (Fsp3) is 0.368. The van der Waals surface area contributed by atoms with E-state index < -0.39 is 54.6 Å². The zero-order chi connectivity index (χ0) is 21.1. The Kier molecular flexibility index (Phi) is 6.27. The molecule has 1 aromatic carbocycles. The predicted molar refractivity (Wildman–Crippen MR) is 97.5 cm³/mol. The summed E-state index contributed by atoms with van der Waals surface area (Å²) in [6.45, 7) is 0.783. The molecule has 0 aliphatic carbocycles. The minimum Gasteiger partial charge on any atom is -0.481 e. The Morgan fingerprint density at radius 1 is 1.25 bits per heavy atom. The first-order chi connectivity index (χ1) is 13.0. The number of benzene rings is 1. The molecule has 28 heavy (non-hydrogen) atoms. The van der Waals surface area contributed by atoms with Crippen molar-refractivity contribution in [1.29, 1.82) is 0 Å². The molecule has 0 spiro atoms. The second kappa shape index (κ2) is 8.28. The molecular weight excluding hydrogens is 374 g/mol. The molecule has 0 bridgehead atoms. The molecule has 0 fully saturated rings. The van der Waals surface area contributed by atoms with Crippen LogP contribution in [0.15, 0.2) is 35.3 Å². The first kappa shape index (κ1) is 21.2. The second-order valence-electron chi connectivity index (χ2n) is 6.84. The maximum absolute atomic E-state index is 14.2. The van der Waals surface area contributed by atoms with Gasteiger partial charge in [-0.2, -0.15) is 0 Å². The van der Waals surface area contributed by atoms with Crippen LogP contribution in [0.1, 0.15) is 25.8 Å². The molecule has 2 rings (SSSR count). The Morgan fingerprint density at radius 3 is 2.50 bits per heavy atom. The zero-order valence-corrected chi connectivity index (χ0v) is 15.4. The molecule has 2 N–H and O–H groups in total. The van der Waals surface area contributed by atoms with Crippen LogP contribution in [-0.4, -0.2) is 40.0 Å². The van der Waals surface area contributed by atoms with Crippen LogP contribution in [0.5, 0.6) is 0 Å². The molecule has 1 atom stereocenters. The number of aromatic nitrogens is 1. The molecule has 0 saturated carbocycles. The number of amides is 1. The summed E-state index contributed by atoms with van der Waals surface area (Å²) >= 11 is 0. The number of rotatable bonds is 8. The summed E-state index contributed by atoms with van der Waals surface area (Å²) in [6.07, 6.45) is 0.587. The number of aliphatic carboxylic acids is 1. The molecular formula is C19H20F2N2O5. The lowest BCUT2D eigenvalue weighted by Gasteiger charge is -2.16. The number of halogens is 2. The van der Waals surface area contributed by atoms with Crippen LogP contribution in [0.4, 0.5) is 8.78 Å². The number of fused-ring (bicyclic) bond motifs is 1. The van der Waals surface area contributed by atoms with E-state index >= 15 is 0 Å². The topological polar surface area (TPSA) is 105 Å². The van der Waals surface area contributed by atoms with Crippen LogP contribution in [0.3, 0.4) is 0 Å². The average Bonchev–Trinajstić information content (AvgIpc) is 2.61. The zero-order valence-electron chi connectivity index (χ0n) is 15.4. The van der Waals surface area contributed by atoms with Gasteiger partial charge in [0.2, 0.25) is 5.91 Å². The van der Waals surface area contributed by atoms with Crippen molar-refractivity contribution in [3.63, 3.8) is 0 Å². The van der Waals surface area contributed by atoms with Gasteiger partial charge in [0.1, 0.15) is 24.9 Å². The van der Waals surface area contributed by atoms with Gasteiger partial charge >= 0.3 is 5.97 Å². The van der Waals surface area contributed by atoms with Gasteiger partial charge in [-0.3, -0.25) is 19.2 Å². The fourth-order valence-corrected chi connectivity index (χ4v) is 2.68. The van der Waals surface area contributed by atoms with Crippen LogP contribution >= 0.6 is 0 Å². The molecule has 1 unspecified atom stereocenters. The van der Waals surface area contributed by atoms with E-state index in [1.807, 2.05) is 0 Å². The van der Waals surface area contributed by atoms with Gasteiger partial charge in [0.15, 0.2) is 5.78 Å². The fourth-order valence-electron chi connectivity index (χ4n) is 2.68. The third-order valence-corrected chi connectivity index (χ3v) is 4.21. The Labute approximate surface area is 159 Å². The minimum absolute atomic E-state index is 0.209. The SMILES string of the molecule is CC(C)(F)c1ccc2ccn(CC(=O)NC(CC(=O)O)C(=O)CF)c(=O)c2c1. The molecule has 0 aliphatic rings. The minimum atomic E-state index is -1.66. The van der Waals surface area contributed by atoms with Crippen LogP contribution in [-0.2, 0) is 26.6 Å². The number of hydrogen-bond acceptors (Lipinski definition) is 4. The Hall–Kier alpha value is -3.10. The summed E-state index contributed by atoms with van der Waals surface area (Å²) < 4.78 is 27.8. The van der Waals surface area contributed by atoms with Crippen LogP contribution in [0.25, 0.3) is 10.8 Å². The van der Waals surface area contributed by atoms with Gasteiger partial charge in [-0.15, -0.1) is 0 Å². The number of nitrogens with one attached hydrogen (secondary N) is 1. The maximum atomic E-state index is 14.2. The lowest BCUT2D eigenvalue weighted by molar-refractivity contribution is -0.140. The van der Waals surface area contributed by atoms with Crippen molar-refractivity contribution in [2.24, 2.45) is 0 Å². The summed E-state index contributed by atoms with van der Waals surface area (Å²) in [5.74, 6) is -3.27. The molecule has 0 radical (unpaired) electrons. The van der Waals surface area contributed by atoms with Crippen molar-refractivity contribution in [2.75, 3.05) is 6.67 Å². The Balaban J connectivity index is 2.28. The number of hydrogen-bond donors (Lipinski definition) is 2. The van der Waals surface area contributed by atoms with E-state index in [9.17, 15) is 28.0 Å². The molecule has 0 saturated heterocycles. The van der Waals surface area contributed by atoms with Crippen LogP contribution < -0.4 is 10.9 Å². The summed E-state index contributed by atoms with van der Waals surface area (Å²) in [5.41, 5.74) is -1.91. The van der Waals surface area contributed by atoms with Gasteiger partial charge in [-0.25, -0.2) is 8.78 Å². The van der Waals surface area contributed by atoms with Crippen molar-refractivity contribution < 1.29 is 28.3 Å². The molecule has 1 heterocycles. The molecule has 9 heteroatoms. The van der Waals surface area contributed by atoms with Crippen LogP contribution in [0, 0.1) is 0 Å². The average molecular weight is 394 g/mol. The van der Waals surface area contributed by atoms with Gasteiger partial charge in [0.25, 0.3) is 5.56 Å². The van der Waals surface area contributed by atoms with Gasteiger partial charge in [0.05, 0.1) is 6.42 Å². The van der Waals surface area contributed by atoms with Gasteiger partial charge in [0, 0.05) is 11.6 Å². The summed E-state index contributed by atoms with van der Waals surface area (Å²) in [4.78, 5) is 47.0. The smallest absolute Gasteiger partial charge is 0.305 e. The standard InChI is InChI=1S/C19H20F2N2O5/c1-19(2,21)12-4-3-11-5-6-23(18(28)13(11)7-12)10-16(25)22-14(8-17(26)27)15(24)9-20/h3-7,14H,8-10H2,1-2H3,(H,22,25)(H,26,27). The predicted octanol–water partition coefficient (Wildman–Crippen LogP) is 1.70. The monoisotopic (exact) mass is 394 g/mol. The highest BCUT2D eigenvalue weighted by molar-refractivity contribution is 5.92. The van der Waals surface area contributed by atoms with E-state index in [4.69, 9.17) is 5.11 Å². The number of carbonyl (C=O) groups is 3. The van der Waals surface area contributed by atoms with Gasteiger partial charge < -0.3 is 15.0 Å². The normalized spacial score (nSPS) is 12.6. The van der Waals surface area contributed by atoms with Crippen LogP contribution in [0.2, 0.25) is 0 Å². The summed E-state index contributed by atoms with van der Waals surface area (Å²) in [6, 6.07) is 4.62. The lowest BCUT2D eigenvalue weighted by atomic mass is 9.97. The molecule has 1 amide bonds. The number of nitrogens with zero attached hydrogens (tertiary/aromatic N) is 1. The summed E-state index contributed by atoms with van der Waals surface area (Å²) in [7, 11) is 0. The van der Waals surface area contributed by atoms with Gasteiger partial charge in [-0.1, -0.05) is 12.1 Å². The van der Waals surface area contributed by atoms with Crippen molar-refractivity contribution in [3.05, 3.63) is 46.4 Å². The van der Waals surface area contributed by atoms with Crippen molar-refractivity contribution in [3.8, 4) is 0 Å². The highest BCUT2D eigenvalue weighted by Crippen LogP contribution is 2.26. The van der Waals surface area contributed by atoms with Gasteiger partial charge in [-0.05, 0) is 36.9 Å². The van der Waals surface area contributed by atoms with Crippen molar-refractivity contribution >= 4 is 28.4 Å². The number of alkyl halides is 2. The number of pyridine rings is 1. The van der Waals surface area contributed by atoms with E-state index in [0.29, 0.717) is 10.9 Å². The maximum Gasteiger partial charge on any atom is 0.305 e. The molecule has 150 valence electrons. The van der Waals surface area contributed by atoms with Crippen molar-refractivity contribution in [2.45, 2.75) is 38.5 Å². The number of carbonyl (C=O) groups excluding carboxylic acids is 2. The summed E-state index contributed by atoms with van der Waals surface area (Å²) in [5, 5.41) is 11.7. The third kappa shape index (κ3) is 4.99. The Morgan fingerprint density at radius 2 is 1.93 bits per heavy atom. The highest BCUT2D eigenvalue weighted by atomic mass is 19.1. The number of Topliss-reactive ketones (excluding diaryl/α,β-unsaturated/α-hetero) is 1. The third-order valence-electron chi connectivity index (χ3n) is 4.21. The van der Waals surface area contributed by atoms with E-state index in [2.05, 4.69) is 5.32 Å². The lowest BCUT2D eigenvalue weighted by Crippen LogP contribution is -2.45. The molecule has 2 aromatic rings. The second-order valence-corrected chi connectivity index (χ2v) is 6.84. The number of ketones is 1. The first-order valence-corrected chi connectivity index (χ1v) is 8.45. The van der Waals surface area contributed by atoms with Crippen molar-refractivity contribution in [1.82, 2.24) is 9.88 Å². The highest BCUT2D eigenvalue weighted by Gasteiger charge is 2.24. The number of carboxylic acid groups (broad SMARTS) is 1. The first-order valence-electron chi connectivity index (χ1n) is 8.45. The number of carboxylic acids is 1. The quantitative estimate of drug-likeness (QED) is 0.709. The van der Waals surface area contributed by atoms with E-state index in [1.54, 1.807) is 18.2 Å². The Bertz CT molecular complexity index is 978. The van der Waals surface area contributed by atoms with E-state index in [-0.39, 0.29) is 5.39 Å². The molecule has 7 nitrogen and oxygen atoms in total. The molecule has 1 aromatic heterocycles. The molecule has 0 aliphatic heterocycles.